The Labute approximate surface area is 162 Å². The summed E-state index contributed by atoms with van der Waals surface area (Å²) >= 11 is 5.93. The molecule has 1 amide bonds. The van der Waals surface area contributed by atoms with Crippen LogP contribution >= 0.6 is 11.6 Å². The third kappa shape index (κ3) is 4.70. The van der Waals surface area contributed by atoms with Crippen molar-refractivity contribution >= 4 is 17.5 Å². The first kappa shape index (κ1) is 19.5. The SMILES string of the molecule is COc1ccc(C(=O)N2CCCC(O)(COc3cccc(Cl)c3)C2)cc1F. The maximum atomic E-state index is 13.9. The molecule has 27 heavy (non-hydrogen) atoms. The Morgan fingerprint density at radius 1 is 1.33 bits per heavy atom. The lowest BCUT2D eigenvalue weighted by Crippen LogP contribution is -2.53. The molecule has 1 aliphatic heterocycles. The Hall–Kier alpha value is -2.31. The van der Waals surface area contributed by atoms with Crippen LogP contribution in [-0.2, 0) is 0 Å². The topological polar surface area (TPSA) is 59.0 Å². The van der Waals surface area contributed by atoms with Crippen molar-refractivity contribution in [2.75, 3.05) is 26.8 Å². The number of carbonyl (C=O) groups is 1. The number of hydrogen-bond acceptors (Lipinski definition) is 4. The summed E-state index contributed by atoms with van der Waals surface area (Å²) in [6.07, 6.45) is 1.13. The fraction of sp³-hybridized carbons (Fsp3) is 0.350. The van der Waals surface area contributed by atoms with Crippen molar-refractivity contribution < 1.29 is 23.8 Å². The second-order valence-electron chi connectivity index (χ2n) is 6.65. The summed E-state index contributed by atoms with van der Waals surface area (Å²) in [4.78, 5) is 14.2. The lowest BCUT2D eigenvalue weighted by Gasteiger charge is -2.39. The molecule has 0 saturated carbocycles. The number of methoxy groups -OCH3 is 1. The molecule has 2 aromatic carbocycles. The van der Waals surface area contributed by atoms with Crippen molar-refractivity contribution in [1.82, 2.24) is 4.90 Å². The molecule has 0 aliphatic carbocycles. The third-order valence-corrected chi connectivity index (χ3v) is 4.78. The predicted molar refractivity (Wildman–Crippen MR) is 100.0 cm³/mol. The largest absolute Gasteiger partial charge is 0.494 e. The molecule has 0 bridgehead atoms. The quantitative estimate of drug-likeness (QED) is 0.844. The summed E-state index contributed by atoms with van der Waals surface area (Å²) in [6, 6.07) is 11.0. The number of ether oxygens (including phenoxy) is 2. The summed E-state index contributed by atoms with van der Waals surface area (Å²) in [6.45, 7) is 0.639. The number of nitrogens with zero attached hydrogens (tertiary/aromatic N) is 1. The summed E-state index contributed by atoms with van der Waals surface area (Å²) < 4.78 is 24.4. The van der Waals surface area contributed by atoms with Crippen molar-refractivity contribution in [3.63, 3.8) is 0 Å². The van der Waals surface area contributed by atoms with E-state index in [0.717, 1.165) is 6.07 Å². The van der Waals surface area contributed by atoms with Crippen molar-refractivity contribution in [3.05, 3.63) is 58.9 Å². The van der Waals surface area contributed by atoms with Crippen LogP contribution in [0, 0.1) is 5.82 Å². The zero-order valence-corrected chi connectivity index (χ0v) is 15.7. The molecule has 0 spiro atoms. The average molecular weight is 394 g/mol. The van der Waals surface area contributed by atoms with Crippen LogP contribution in [0.4, 0.5) is 4.39 Å². The zero-order valence-electron chi connectivity index (χ0n) is 15.0. The van der Waals surface area contributed by atoms with E-state index < -0.39 is 11.4 Å². The Balaban J connectivity index is 1.67. The lowest BCUT2D eigenvalue weighted by atomic mass is 9.93. The first-order valence-corrected chi connectivity index (χ1v) is 9.01. The van der Waals surface area contributed by atoms with E-state index in [4.69, 9.17) is 21.1 Å². The van der Waals surface area contributed by atoms with Crippen LogP contribution < -0.4 is 9.47 Å². The van der Waals surface area contributed by atoms with E-state index in [9.17, 15) is 14.3 Å². The second kappa shape index (κ2) is 8.15. The van der Waals surface area contributed by atoms with Gasteiger partial charge in [-0.1, -0.05) is 17.7 Å². The van der Waals surface area contributed by atoms with E-state index in [1.807, 2.05) is 0 Å². The van der Waals surface area contributed by atoms with Gasteiger partial charge in [0, 0.05) is 17.1 Å². The van der Waals surface area contributed by atoms with Gasteiger partial charge in [0.05, 0.1) is 13.7 Å². The van der Waals surface area contributed by atoms with Crippen LogP contribution in [0.1, 0.15) is 23.2 Å². The average Bonchev–Trinajstić information content (AvgIpc) is 2.66. The van der Waals surface area contributed by atoms with Crippen LogP contribution in [0.5, 0.6) is 11.5 Å². The molecule has 0 radical (unpaired) electrons. The van der Waals surface area contributed by atoms with Crippen LogP contribution in [0.25, 0.3) is 0 Å². The first-order chi connectivity index (χ1) is 12.9. The number of hydrogen-bond donors (Lipinski definition) is 1. The highest BCUT2D eigenvalue weighted by atomic mass is 35.5. The van der Waals surface area contributed by atoms with Gasteiger partial charge in [-0.3, -0.25) is 4.79 Å². The molecule has 7 heteroatoms. The number of benzene rings is 2. The maximum absolute atomic E-state index is 13.9. The van der Waals surface area contributed by atoms with Crippen molar-refractivity contribution in [2.45, 2.75) is 18.4 Å². The Morgan fingerprint density at radius 2 is 2.15 bits per heavy atom. The van der Waals surface area contributed by atoms with Gasteiger partial charge in [-0.25, -0.2) is 4.39 Å². The Bertz CT molecular complexity index is 831. The van der Waals surface area contributed by atoms with Gasteiger partial charge in [0.25, 0.3) is 5.91 Å². The molecular weight excluding hydrogens is 373 g/mol. The number of carbonyl (C=O) groups excluding carboxylic acids is 1. The lowest BCUT2D eigenvalue weighted by molar-refractivity contribution is -0.0532. The fourth-order valence-electron chi connectivity index (χ4n) is 3.16. The minimum Gasteiger partial charge on any atom is -0.494 e. The molecule has 1 fully saturated rings. The van der Waals surface area contributed by atoms with Gasteiger partial charge < -0.3 is 19.5 Å². The molecule has 144 valence electrons. The van der Waals surface area contributed by atoms with Gasteiger partial charge in [-0.2, -0.15) is 0 Å². The normalized spacial score (nSPS) is 19.6. The number of likely N-dealkylation sites (tertiary alicyclic amines) is 1. The molecule has 1 unspecified atom stereocenters. The highest BCUT2D eigenvalue weighted by molar-refractivity contribution is 6.30. The number of amides is 1. The molecule has 1 aliphatic rings. The van der Waals surface area contributed by atoms with Gasteiger partial charge in [0.1, 0.15) is 18.0 Å². The second-order valence-corrected chi connectivity index (χ2v) is 7.09. The van der Waals surface area contributed by atoms with Crippen LogP contribution in [-0.4, -0.2) is 48.3 Å². The molecule has 1 heterocycles. The summed E-state index contributed by atoms with van der Waals surface area (Å²) in [5.74, 6) is -0.300. The molecular formula is C20H21ClFNO4. The zero-order chi connectivity index (χ0) is 19.4. The third-order valence-electron chi connectivity index (χ3n) is 4.54. The summed E-state index contributed by atoms with van der Waals surface area (Å²) in [5, 5.41) is 11.4. The highest BCUT2D eigenvalue weighted by Gasteiger charge is 2.36. The van der Waals surface area contributed by atoms with E-state index in [-0.39, 0.29) is 30.4 Å². The first-order valence-electron chi connectivity index (χ1n) is 8.64. The summed E-state index contributed by atoms with van der Waals surface area (Å²) in [7, 11) is 1.37. The van der Waals surface area contributed by atoms with Gasteiger partial charge in [-0.15, -0.1) is 0 Å². The minimum atomic E-state index is -1.18. The number of rotatable bonds is 5. The van der Waals surface area contributed by atoms with E-state index in [2.05, 4.69) is 0 Å². The molecule has 1 atom stereocenters. The van der Waals surface area contributed by atoms with Crippen molar-refractivity contribution in [1.29, 1.82) is 0 Å². The van der Waals surface area contributed by atoms with E-state index in [1.165, 1.54) is 24.1 Å². The number of halogens is 2. The van der Waals surface area contributed by atoms with Crippen LogP contribution in [0.3, 0.4) is 0 Å². The minimum absolute atomic E-state index is 0.0358. The molecule has 3 rings (SSSR count). The predicted octanol–water partition coefficient (Wildman–Crippen LogP) is 3.53. The van der Waals surface area contributed by atoms with E-state index in [1.54, 1.807) is 24.3 Å². The van der Waals surface area contributed by atoms with Crippen LogP contribution in [0.15, 0.2) is 42.5 Å². The number of β-amino-alcohol motifs (C(OH)–C–C–N with tert-alkyl or cyclic N) is 1. The molecule has 2 aromatic rings. The number of aliphatic hydroxyl groups is 1. The molecule has 0 aromatic heterocycles. The molecule has 5 nitrogen and oxygen atoms in total. The van der Waals surface area contributed by atoms with Crippen molar-refractivity contribution in [3.8, 4) is 11.5 Å². The summed E-state index contributed by atoms with van der Waals surface area (Å²) in [5.41, 5.74) is -0.963. The van der Waals surface area contributed by atoms with Crippen LogP contribution in [0.2, 0.25) is 5.02 Å². The van der Waals surface area contributed by atoms with E-state index >= 15 is 0 Å². The molecule has 1 saturated heterocycles. The Morgan fingerprint density at radius 3 is 2.85 bits per heavy atom. The maximum Gasteiger partial charge on any atom is 0.254 e. The molecule has 1 N–H and O–H groups in total. The smallest absolute Gasteiger partial charge is 0.254 e. The van der Waals surface area contributed by atoms with Crippen molar-refractivity contribution in [2.24, 2.45) is 0 Å². The van der Waals surface area contributed by atoms with Gasteiger partial charge in [-0.05, 0) is 49.2 Å². The van der Waals surface area contributed by atoms with Gasteiger partial charge in [0.2, 0.25) is 0 Å². The Kier molecular flexibility index (Phi) is 5.87. The monoisotopic (exact) mass is 393 g/mol. The van der Waals surface area contributed by atoms with Gasteiger partial charge >= 0.3 is 0 Å². The standard InChI is InChI=1S/C20H21ClFNO4/c1-26-18-7-6-14(10-17(18)22)19(24)23-9-3-8-20(25,12-23)13-27-16-5-2-4-15(21)11-16/h2,4-7,10-11,25H,3,8-9,12-13H2,1H3. The highest BCUT2D eigenvalue weighted by Crippen LogP contribution is 2.26. The van der Waals surface area contributed by atoms with Gasteiger partial charge in [0.15, 0.2) is 11.6 Å². The number of piperidine rings is 1. The fourth-order valence-corrected chi connectivity index (χ4v) is 3.34. The van der Waals surface area contributed by atoms with E-state index in [0.29, 0.717) is 30.2 Å².